The van der Waals surface area contributed by atoms with Crippen LogP contribution in [0.5, 0.6) is 11.5 Å². The Bertz CT molecular complexity index is 323. The lowest BCUT2D eigenvalue weighted by atomic mass is 9.86. The van der Waals surface area contributed by atoms with Gasteiger partial charge in [0.15, 0.2) is 11.5 Å². The standard InChI is InChI=1S/C11H13O2/c1-11(2,3)8-5-4-6-9-10(8)13-7-12-9/h4-6H,1,7H2,2-3H3. The Morgan fingerprint density at radius 3 is 2.77 bits per heavy atom. The van der Waals surface area contributed by atoms with Gasteiger partial charge in [0.25, 0.3) is 0 Å². The first-order valence-corrected chi connectivity index (χ1v) is 4.33. The molecule has 69 valence electrons. The molecule has 0 spiro atoms. The van der Waals surface area contributed by atoms with Crippen LogP contribution in [0.4, 0.5) is 0 Å². The first-order valence-electron chi connectivity index (χ1n) is 4.33. The summed E-state index contributed by atoms with van der Waals surface area (Å²) in [4.78, 5) is 0. The molecule has 1 radical (unpaired) electrons. The highest BCUT2D eigenvalue weighted by atomic mass is 16.7. The number of fused-ring (bicyclic) bond motifs is 1. The van der Waals surface area contributed by atoms with Crippen LogP contribution in [0.1, 0.15) is 19.4 Å². The van der Waals surface area contributed by atoms with Gasteiger partial charge in [0, 0.05) is 5.56 Å². The SMILES string of the molecule is [CH2]C(C)(C)c1cccc2c1OCO2. The molecule has 1 aliphatic heterocycles. The average Bonchev–Trinajstić information content (AvgIpc) is 2.48. The van der Waals surface area contributed by atoms with Gasteiger partial charge in [-0.15, -0.1) is 0 Å². The summed E-state index contributed by atoms with van der Waals surface area (Å²) in [5.41, 5.74) is 0.960. The molecule has 0 bridgehead atoms. The molecule has 0 saturated heterocycles. The predicted octanol–water partition coefficient (Wildman–Crippen LogP) is 2.53. The number of hydrogen-bond donors (Lipinski definition) is 0. The molecule has 0 N–H and O–H groups in total. The zero-order valence-electron chi connectivity index (χ0n) is 7.96. The molecule has 2 rings (SSSR count). The van der Waals surface area contributed by atoms with Crippen molar-refractivity contribution in [3.05, 3.63) is 30.7 Å². The Morgan fingerprint density at radius 2 is 2.08 bits per heavy atom. The molecule has 1 heterocycles. The van der Waals surface area contributed by atoms with Gasteiger partial charge in [-0.1, -0.05) is 26.0 Å². The third kappa shape index (κ3) is 1.37. The minimum Gasteiger partial charge on any atom is -0.454 e. The van der Waals surface area contributed by atoms with Gasteiger partial charge in [-0.3, -0.25) is 0 Å². The summed E-state index contributed by atoms with van der Waals surface area (Å²) in [6.07, 6.45) is 0. The molecule has 0 saturated carbocycles. The van der Waals surface area contributed by atoms with Gasteiger partial charge in [-0.05, 0) is 18.4 Å². The topological polar surface area (TPSA) is 18.5 Å². The van der Waals surface area contributed by atoms with E-state index in [1.165, 1.54) is 0 Å². The van der Waals surface area contributed by atoms with Crippen molar-refractivity contribution in [1.82, 2.24) is 0 Å². The Morgan fingerprint density at radius 1 is 1.31 bits per heavy atom. The van der Waals surface area contributed by atoms with Crippen molar-refractivity contribution in [2.75, 3.05) is 6.79 Å². The van der Waals surface area contributed by atoms with Crippen molar-refractivity contribution >= 4 is 0 Å². The van der Waals surface area contributed by atoms with E-state index >= 15 is 0 Å². The molecule has 0 unspecified atom stereocenters. The highest BCUT2D eigenvalue weighted by Crippen LogP contribution is 2.40. The van der Waals surface area contributed by atoms with Gasteiger partial charge < -0.3 is 9.47 Å². The van der Waals surface area contributed by atoms with Crippen LogP contribution in [0.3, 0.4) is 0 Å². The molecule has 0 atom stereocenters. The molecule has 1 aromatic carbocycles. The fraction of sp³-hybridized carbons (Fsp3) is 0.364. The molecule has 0 aliphatic carbocycles. The van der Waals surface area contributed by atoms with Crippen molar-refractivity contribution in [2.45, 2.75) is 19.3 Å². The Kier molecular flexibility index (Phi) is 1.72. The number of para-hydroxylation sites is 1. The van der Waals surface area contributed by atoms with E-state index in [0.717, 1.165) is 17.1 Å². The molecule has 0 fully saturated rings. The first kappa shape index (κ1) is 8.42. The Hall–Kier alpha value is -1.18. The van der Waals surface area contributed by atoms with Crippen LogP contribution >= 0.6 is 0 Å². The van der Waals surface area contributed by atoms with Crippen LogP contribution in [0.25, 0.3) is 0 Å². The lowest BCUT2D eigenvalue weighted by Crippen LogP contribution is -2.12. The second-order valence-corrected chi connectivity index (χ2v) is 3.92. The van der Waals surface area contributed by atoms with E-state index in [1.54, 1.807) is 0 Å². The summed E-state index contributed by atoms with van der Waals surface area (Å²) in [5.74, 6) is 1.68. The smallest absolute Gasteiger partial charge is 0.231 e. The van der Waals surface area contributed by atoms with Crippen LogP contribution in [0, 0.1) is 6.92 Å². The van der Waals surface area contributed by atoms with Gasteiger partial charge in [-0.25, -0.2) is 0 Å². The van der Waals surface area contributed by atoms with E-state index in [9.17, 15) is 0 Å². The van der Waals surface area contributed by atoms with E-state index in [4.69, 9.17) is 9.47 Å². The second kappa shape index (κ2) is 2.66. The lowest BCUT2D eigenvalue weighted by Gasteiger charge is -2.20. The van der Waals surface area contributed by atoms with Crippen molar-refractivity contribution in [1.29, 1.82) is 0 Å². The molecular formula is C11H13O2. The van der Waals surface area contributed by atoms with E-state index in [1.807, 2.05) is 18.2 Å². The molecule has 1 aromatic rings. The summed E-state index contributed by atoms with van der Waals surface area (Å²) in [5, 5.41) is 0. The summed E-state index contributed by atoms with van der Waals surface area (Å²) < 4.78 is 10.7. The number of ether oxygens (including phenoxy) is 2. The highest BCUT2D eigenvalue weighted by molar-refractivity contribution is 5.51. The Labute approximate surface area is 78.5 Å². The van der Waals surface area contributed by atoms with Crippen LogP contribution in [0.2, 0.25) is 0 Å². The normalized spacial score (nSPS) is 14.7. The number of benzene rings is 1. The lowest BCUT2D eigenvalue weighted by molar-refractivity contribution is 0.172. The van der Waals surface area contributed by atoms with Crippen molar-refractivity contribution < 1.29 is 9.47 Å². The molecule has 1 aliphatic rings. The van der Waals surface area contributed by atoms with Gasteiger partial charge in [-0.2, -0.15) is 0 Å². The maximum absolute atomic E-state index is 5.39. The Balaban J connectivity index is 2.54. The summed E-state index contributed by atoms with van der Waals surface area (Å²) in [7, 11) is 0. The summed E-state index contributed by atoms with van der Waals surface area (Å²) in [6.45, 7) is 8.52. The largest absolute Gasteiger partial charge is 0.454 e. The minimum atomic E-state index is -0.140. The zero-order chi connectivity index (χ0) is 9.47. The van der Waals surface area contributed by atoms with Crippen LogP contribution in [-0.2, 0) is 5.41 Å². The highest BCUT2D eigenvalue weighted by Gasteiger charge is 2.24. The van der Waals surface area contributed by atoms with Crippen LogP contribution in [-0.4, -0.2) is 6.79 Å². The van der Waals surface area contributed by atoms with Gasteiger partial charge >= 0.3 is 0 Å². The fourth-order valence-electron chi connectivity index (χ4n) is 1.46. The second-order valence-electron chi connectivity index (χ2n) is 3.92. The van der Waals surface area contributed by atoms with E-state index in [-0.39, 0.29) is 5.41 Å². The summed E-state index contributed by atoms with van der Waals surface area (Å²) in [6, 6.07) is 5.91. The predicted molar refractivity (Wildman–Crippen MR) is 50.9 cm³/mol. The van der Waals surface area contributed by atoms with Crippen LogP contribution < -0.4 is 9.47 Å². The third-order valence-electron chi connectivity index (χ3n) is 2.13. The molecule has 2 heteroatoms. The van der Waals surface area contributed by atoms with E-state index in [2.05, 4.69) is 20.8 Å². The molecule has 13 heavy (non-hydrogen) atoms. The summed E-state index contributed by atoms with van der Waals surface area (Å²) >= 11 is 0. The van der Waals surface area contributed by atoms with Crippen molar-refractivity contribution in [3.63, 3.8) is 0 Å². The fourth-order valence-corrected chi connectivity index (χ4v) is 1.46. The molecule has 2 nitrogen and oxygen atoms in total. The number of hydrogen-bond acceptors (Lipinski definition) is 2. The van der Waals surface area contributed by atoms with E-state index in [0.29, 0.717) is 6.79 Å². The maximum atomic E-state index is 5.39. The van der Waals surface area contributed by atoms with Gasteiger partial charge in [0.2, 0.25) is 6.79 Å². The average molecular weight is 177 g/mol. The third-order valence-corrected chi connectivity index (χ3v) is 2.13. The minimum absolute atomic E-state index is 0.140. The molecule has 0 aromatic heterocycles. The maximum Gasteiger partial charge on any atom is 0.231 e. The van der Waals surface area contributed by atoms with Crippen molar-refractivity contribution in [2.24, 2.45) is 0 Å². The molecular weight excluding hydrogens is 164 g/mol. The number of rotatable bonds is 1. The van der Waals surface area contributed by atoms with Gasteiger partial charge in [0.1, 0.15) is 0 Å². The zero-order valence-corrected chi connectivity index (χ0v) is 7.96. The molecule has 0 amide bonds. The van der Waals surface area contributed by atoms with Crippen LogP contribution in [0.15, 0.2) is 18.2 Å². The first-order chi connectivity index (χ1) is 6.09. The van der Waals surface area contributed by atoms with E-state index < -0.39 is 0 Å². The van der Waals surface area contributed by atoms with Gasteiger partial charge in [0.05, 0.1) is 0 Å². The monoisotopic (exact) mass is 177 g/mol. The quantitative estimate of drug-likeness (QED) is 0.656. The van der Waals surface area contributed by atoms with Crippen molar-refractivity contribution in [3.8, 4) is 11.5 Å².